The fraction of sp³-hybridized carbons (Fsp3) is 0.316. The number of aromatic carboxylic acids is 1. The van der Waals surface area contributed by atoms with Gasteiger partial charge >= 0.3 is 5.97 Å². The number of aromatic nitrogens is 1. The number of amides is 1. The first-order valence-electron chi connectivity index (χ1n) is 8.16. The smallest absolute Gasteiger partial charge is 0.337 e. The third-order valence-electron chi connectivity index (χ3n) is 3.71. The van der Waals surface area contributed by atoms with Gasteiger partial charge in [0.05, 0.1) is 17.9 Å². The minimum atomic E-state index is -1.06. The molecule has 0 unspecified atom stereocenters. The Morgan fingerprint density at radius 3 is 2.52 bits per heavy atom. The van der Waals surface area contributed by atoms with Gasteiger partial charge in [0.1, 0.15) is 5.69 Å². The topological polar surface area (TPSA) is 88.5 Å². The van der Waals surface area contributed by atoms with Crippen LogP contribution in [0.1, 0.15) is 51.0 Å². The lowest BCUT2D eigenvalue weighted by Gasteiger charge is -2.11. The van der Waals surface area contributed by atoms with Crippen molar-refractivity contribution >= 4 is 11.9 Å². The van der Waals surface area contributed by atoms with Gasteiger partial charge in [-0.25, -0.2) is 9.78 Å². The zero-order valence-corrected chi connectivity index (χ0v) is 14.4. The Balaban J connectivity index is 2.03. The Hall–Kier alpha value is -2.73. The van der Waals surface area contributed by atoms with Crippen LogP contribution in [0.25, 0.3) is 0 Å². The number of ether oxygens (including phenoxy) is 1. The second-order valence-corrected chi connectivity index (χ2v) is 5.64. The van der Waals surface area contributed by atoms with Gasteiger partial charge in [-0.2, -0.15) is 0 Å². The predicted octanol–water partition coefficient (Wildman–Crippen LogP) is 2.94. The average molecular weight is 342 g/mol. The minimum Gasteiger partial charge on any atom is -0.478 e. The molecule has 25 heavy (non-hydrogen) atoms. The van der Waals surface area contributed by atoms with Crippen LogP contribution in [0.4, 0.5) is 0 Å². The molecule has 1 aromatic heterocycles. The Labute approximate surface area is 146 Å². The fourth-order valence-electron chi connectivity index (χ4n) is 2.38. The summed E-state index contributed by atoms with van der Waals surface area (Å²) in [4.78, 5) is 27.3. The third-order valence-corrected chi connectivity index (χ3v) is 3.71. The molecule has 0 saturated heterocycles. The van der Waals surface area contributed by atoms with Gasteiger partial charge in [0.25, 0.3) is 5.91 Å². The van der Waals surface area contributed by atoms with E-state index in [2.05, 4.69) is 17.2 Å². The Bertz CT molecular complexity index is 759. The van der Waals surface area contributed by atoms with Crippen molar-refractivity contribution in [3.63, 3.8) is 0 Å². The molecule has 6 nitrogen and oxygen atoms in total. The molecule has 1 amide bonds. The molecule has 6 heteroatoms. The molecule has 0 atom stereocenters. The number of carboxylic acids is 1. The van der Waals surface area contributed by atoms with Gasteiger partial charge in [-0.3, -0.25) is 4.79 Å². The van der Waals surface area contributed by atoms with Gasteiger partial charge in [0.2, 0.25) is 0 Å². The number of pyridine rings is 1. The second-order valence-electron chi connectivity index (χ2n) is 5.64. The quantitative estimate of drug-likeness (QED) is 0.720. The molecule has 2 N–H and O–H groups in total. The summed E-state index contributed by atoms with van der Waals surface area (Å²) in [6.07, 6.45) is 0.955. The summed E-state index contributed by atoms with van der Waals surface area (Å²) in [5.41, 5.74) is 2.61. The van der Waals surface area contributed by atoms with E-state index in [-0.39, 0.29) is 17.2 Å². The second kappa shape index (κ2) is 8.94. The van der Waals surface area contributed by atoms with Crippen LogP contribution in [0.2, 0.25) is 0 Å². The van der Waals surface area contributed by atoms with Crippen LogP contribution in [-0.4, -0.2) is 28.6 Å². The lowest BCUT2D eigenvalue weighted by atomic mass is 10.1. The van der Waals surface area contributed by atoms with Gasteiger partial charge < -0.3 is 15.2 Å². The van der Waals surface area contributed by atoms with Crippen LogP contribution >= 0.6 is 0 Å². The molecule has 0 aliphatic rings. The van der Waals surface area contributed by atoms with E-state index in [9.17, 15) is 9.59 Å². The van der Waals surface area contributed by atoms with Crippen molar-refractivity contribution in [3.8, 4) is 0 Å². The van der Waals surface area contributed by atoms with Crippen molar-refractivity contribution in [3.05, 3.63) is 64.5 Å². The van der Waals surface area contributed by atoms with Crippen molar-refractivity contribution in [2.24, 2.45) is 0 Å². The molecule has 0 bridgehead atoms. The van der Waals surface area contributed by atoms with Crippen LogP contribution in [0.3, 0.4) is 0 Å². The number of hydrogen-bond donors (Lipinski definition) is 2. The summed E-state index contributed by atoms with van der Waals surface area (Å²) in [5.74, 6) is -1.40. The maximum absolute atomic E-state index is 12.3. The number of rotatable bonds is 8. The van der Waals surface area contributed by atoms with E-state index in [0.717, 1.165) is 17.5 Å². The first-order valence-corrected chi connectivity index (χ1v) is 8.16. The summed E-state index contributed by atoms with van der Waals surface area (Å²) in [5, 5.41) is 11.8. The Kier molecular flexibility index (Phi) is 6.65. The number of carbonyl (C=O) groups is 2. The largest absolute Gasteiger partial charge is 0.478 e. The zero-order valence-electron chi connectivity index (χ0n) is 14.4. The molecule has 0 spiro atoms. The first-order chi connectivity index (χ1) is 12.0. The SMILES string of the molecule is CCCOCc1ccccc1CNC(=O)c1ccc(C(=O)O)c(C)n1. The third kappa shape index (κ3) is 5.12. The van der Waals surface area contributed by atoms with Gasteiger partial charge in [0.15, 0.2) is 0 Å². The van der Waals surface area contributed by atoms with E-state index in [1.807, 2.05) is 24.3 Å². The van der Waals surface area contributed by atoms with Crippen LogP contribution in [-0.2, 0) is 17.9 Å². The maximum atomic E-state index is 12.3. The predicted molar refractivity (Wildman–Crippen MR) is 93.5 cm³/mol. The summed E-state index contributed by atoms with van der Waals surface area (Å²) in [7, 11) is 0. The highest BCUT2D eigenvalue weighted by Crippen LogP contribution is 2.11. The molecular formula is C19H22N2O4. The lowest BCUT2D eigenvalue weighted by molar-refractivity contribution is 0.0694. The molecule has 1 aromatic carbocycles. The molecule has 132 valence electrons. The number of benzene rings is 1. The Morgan fingerprint density at radius 1 is 1.16 bits per heavy atom. The zero-order chi connectivity index (χ0) is 18.2. The van der Waals surface area contributed by atoms with E-state index in [0.29, 0.717) is 25.5 Å². The summed E-state index contributed by atoms with van der Waals surface area (Å²) < 4.78 is 5.57. The van der Waals surface area contributed by atoms with Crippen LogP contribution in [0.15, 0.2) is 36.4 Å². The molecule has 2 aromatic rings. The highest BCUT2D eigenvalue weighted by atomic mass is 16.5. The highest BCUT2D eigenvalue weighted by molar-refractivity contribution is 5.94. The minimum absolute atomic E-state index is 0.0926. The van der Waals surface area contributed by atoms with E-state index in [1.165, 1.54) is 12.1 Å². The fourth-order valence-corrected chi connectivity index (χ4v) is 2.38. The average Bonchev–Trinajstić information content (AvgIpc) is 2.60. The molecule has 0 radical (unpaired) electrons. The molecule has 0 saturated carbocycles. The summed E-state index contributed by atoms with van der Waals surface area (Å²) in [6.45, 7) is 5.17. The normalized spacial score (nSPS) is 10.5. The highest BCUT2D eigenvalue weighted by Gasteiger charge is 2.13. The van der Waals surface area contributed by atoms with Gasteiger partial charge in [-0.1, -0.05) is 31.2 Å². The number of nitrogens with zero attached hydrogens (tertiary/aromatic N) is 1. The van der Waals surface area contributed by atoms with Gasteiger partial charge in [0, 0.05) is 13.2 Å². The van der Waals surface area contributed by atoms with Crippen LogP contribution in [0.5, 0.6) is 0 Å². The van der Waals surface area contributed by atoms with Crippen molar-refractivity contribution in [2.45, 2.75) is 33.4 Å². The molecule has 2 rings (SSSR count). The molecule has 1 heterocycles. The number of aryl methyl sites for hydroxylation is 1. The summed E-state index contributed by atoms with van der Waals surface area (Å²) >= 11 is 0. The van der Waals surface area contributed by atoms with E-state index >= 15 is 0 Å². The van der Waals surface area contributed by atoms with Crippen molar-refractivity contribution in [2.75, 3.05) is 6.61 Å². The van der Waals surface area contributed by atoms with Crippen LogP contribution < -0.4 is 5.32 Å². The van der Waals surface area contributed by atoms with Crippen molar-refractivity contribution < 1.29 is 19.4 Å². The number of carbonyl (C=O) groups excluding carboxylic acids is 1. The van der Waals surface area contributed by atoms with Crippen molar-refractivity contribution in [1.29, 1.82) is 0 Å². The van der Waals surface area contributed by atoms with E-state index in [1.54, 1.807) is 6.92 Å². The molecule has 0 aliphatic carbocycles. The number of hydrogen-bond acceptors (Lipinski definition) is 4. The van der Waals surface area contributed by atoms with E-state index < -0.39 is 5.97 Å². The maximum Gasteiger partial charge on any atom is 0.337 e. The summed E-state index contributed by atoms with van der Waals surface area (Å²) in [6, 6.07) is 10.6. The number of carboxylic acid groups (broad SMARTS) is 1. The molecular weight excluding hydrogens is 320 g/mol. The van der Waals surface area contributed by atoms with E-state index in [4.69, 9.17) is 9.84 Å². The number of nitrogens with one attached hydrogen (secondary N) is 1. The lowest BCUT2D eigenvalue weighted by Crippen LogP contribution is -2.25. The molecule has 0 fully saturated rings. The molecule has 0 aliphatic heterocycles. The van der Waals surface area contributed by atoms with Crippen LogP contribution in [0, 0.1) is 6.92 Å². The monoisotopic (exact) mass is 342 g/mol. The standard InChI is InChI=1S/C19H22N2O4/c1-3-10-25-12-15-7-5-4-6-14(15)11-20-18(22)17-9-8-16(19(23)24)13(2)21-17/h4-9H,3,10-12H2,1-2H3,(H,20,22)(H,23,24). The van der Waals surface area contributed by atoms with Gasteiger partial charge in [-0.15, -0.1) is 0 Å². The van der Waals surface area contributed by atoms with Gasteiger partial charge in [-0.05, 0) is 36.6 Å². The van der Waals surface area contributed by atoms with Crippen molar-refractivity contribution in [1.82, 2.24) is 10.3 Å². The first kappa shape index (κ1) is 18.6. The Morgan fingerprint density at radius 2 is 1.88 bits per heavy atom.